The number of anilines is 1. The first-order chi connectivity index (χ1) is 16.5. The topological polar surface area (TPSA) is 110 Å². The molecule has 0 aliphatic heterocycles. The minimum absolute atomic E-state index is 0.127. The van der Waals surface area contributed by atoms with Gasteiger partial charge in [0.05, 0.1) is 17.7 Å². The molecule has 34 heavy (non-hydrogen) atoms. The summed E-state index contributed by atoms with van der Waals surface area (Å²) in [5, 5.41) is 3.50. The summed E-state index contributed by atoms with van der Waals surface area (Å²) >= 11 is 0. The second-order valence-electron chi connectivity index (χ2n) is 7.50. The van der Waals surface area contributed by atoms with E-state index in [1.807, 2.05) is 12.1 Å². The number of aromatic amines is 1. The van der Waals surface area contributed by atoms with Crippen molar-refractivity contribution in [3.05, 3.63) is 89.9 Å². The molecule has 0 spiro atoms. The Balaban J connectivity index is 1.42. The van der Waals surface area contributed by atoms with Gasteiger partial charge < -0.3 is 19.8 Å². The normalized spacial score (nSPS) is 10.6. The summed E-state index contributed by atoms with van der Waals surface area (Å²) in [6.07, 6.45) is 5.89. The van der Waals surface area contributed by atoms with Gasteiger partial charge in [0.15, 0.2) is 0 Å². The van der Waals surface area contributed by atoms with Crippen LogP contribution in [0.25, 0.3) is 10.9 Å². The lowest BCUT2D eigenvalue weighted by Gasteiger charge is -2.07. The Hall–Kier alpha value is -4.46. The average molecular weight is 457 g/mol. The Bertz CT molecular complexity index is 1310. The molecule has 2 aromatic carbocycles. The van der Waals surface area contributed by atoms with Crippen LogP contribution in [0.5, 0.6) is 5.75 Å². The Morgan fingerprint density at radius 2 is 1.74 bits per heavy atom. The molecular formula is C26H23N3O5. The van der Waals surface area contributed by atoms with Crippen LogP contribution in [0, 0.1) is 0 Å². The molecule has 0 saturated carbocycles. The molecule has 2 N–H and O–H groups in total. The maximum Gasteiger partial charge on any atom is 0.345 e. The monoisotopic (exact) mass is 457 g/mol. The van der Waals surface area contributed by atoms with Gasteiger partial charge in [0.2, 0.25) is 5.91 Å². The Morgan fingerprint density at radius 1 is 0.971 bits per heavy atom. The number of benzene rings is 2. The van der Waals surface area contributed by atoms with Crippen molar-refractivity contribution in [3.63, 3.8) is 0 Å². The van der Waals surface area contributed by atoms with Crippen LogP contribution in [0.1, 0.15) is 39.6 Å². The minimum Gasteiger partial charge on any atom is -0.462 e. The van der Waals surface area contributed by atoms with Crippen molar-refractivity contribution in [1.82, 2.24) is 9.97 Å². The molecule has 4 aromatic rings. The van der Waals surface area contributed by atoms with Crippen LogP contribution < -0.4 is 10.1 Å². The molecular weight excluding hydrogens is 434 g/mol. The number of nitrogens with zero attached hydrogens (tertiary/aromatic N) is 1. The zero-order valence-electron chi connectivity index (χ0n) is 18.5. The van der Waals surface area contributed by atoms with Gasteiger partial charge in [-0.05, 0) is 73.5 Å². The van der Waals surface area contributed by atoms with E-state index in [0.717, 1.165) is 11.1 Å². The van der Waals surface area contributed by atoms with Crippen LogP contribution in [0.3, 0.4) is 0 Å². The van der Waals surface area contributed by atoms with E-state index >= 15 is 0 Å². The molecule has 0 atom stereocenters. The smallest absolute Gasteiger partial charge is 0.345 e. The van der Waals surface area contributed by atoms with Gasteiger partial charge in [0.1, 0.15) is 5.75 Å². The van der Waals surface area contributed by atoms with Crippen molar-refractivity contribution in [2.45, 2.75) is 19.8 Å². The first-order valence-electron chi connectivity index (χ1n) is 10.8. The van der Waals surface area contributed by atoms with Crippen molar-refractivity contribution in [1.29, 1.82) is 0 Å². The molecule has 2 heterocycles. The fourth-order valence-electron chi connectivity index (χ4n) is 3.43. The molecule has 0 bridgehead atoms. The number of rotatable bonds is 8. The number of esters is 2. The molecule has 8 nitrogen and oxygen atoms in total. The summed E-state index contributed by atoms with van der Waals surface area (Å²) in [5.74, 6) is -0.825. The quantitative estimate of drug-likeness (QED) is 0.297. The van der Waals surface area contributed by atoms with E-state index in [1.165, 1.54) is 24.3 Å². The van der Waals surface area contributed by atoms with Crippen molar-refractivity contribution in [2.24, 2.45) is 0 Å². The number of hydrogen-bond acceptors (Lipinski definition) is 6. The summed E-state index contributed by atoms with van der Waals surface area (Å²) in [6.45, 7) is 2.01. The van der Waals surface area contributed by atoms with Gasteiger partial charge in [-0.25, -0.2) is 9.59 Å². The number of carbonyl (C=O) groups excluding carboxylic acids is 3. The third kappa shape index (κ3) is 5.47. The number of aromatic nitrogens is 2. The van der Waals surface area contributed by atoms with Gasteiger partial charge >= 0.3 is 11.9 Å². The van der Waals surface area contributed by atoms with E-state index in [0.29, 0.717) is 40.8 Å². The molecule has 0 radical (unpaired) electrons. The zero-order chi connectivity index (χ0) is 23.9. The van der Waals surface area contributed by atoms with Crippen molar-refractivity contribution < 1.29 is 23.9 Å². The van der Waals surface area contributed by atoms with E-state index in [4.69, 9.17) is 9.47 Å². The molecule has 8 heteroatoms. The molecule has 0 fully saturated rings. The van der Waals surface area contributed by atoms with Crippen LogP contribution in [0.15, 0.2) is 73.2 Å². The molecule has 172 valence electrons. The summed E-state index contributed by atoms with van der Waals surface area (Å²) in [5.41, 5.74) is 3.06. The van der Waals surface area contributed by atoms with Gasteiger partial charge in [0.25, 0.3) is 0 Å². The van der Waals surface area contributed by atoms with Crippen molar-refractivity contribution >= 4 is 34.4 Å². The molecule has 0 saturated heterocycles. The highest BCUT2D eigenvalue weighted by Gasteiger charge is 2.16. The second kappa shape index (κ2) is 10.4. The second-order valence-corrected chi connectivity index (χ2v) is 7.50. The van der Waals surface area contributed by atoms with E-state index < -0.39 is 11.9 Å². The third-order valence-electron chi connectivity index (χ3n) is 5.15. The standard InChI is InChI=1S/C26H23N3O5/c1-2-33-25(31)18-4-7-20(8-5-18)34-26(32)22-16-28-23-9-6-19(15-21(22)23)29-24(30)10-3-17-11-13-27-14-12-17/h4-9,11-16,28H,2-3,10H2,1H3,(H,29,30). The number of fused-ring (bicyclic) bond motifs is 1. The van der Waals surface area contributed by atoms with Crippen LogP contribution in [-0.4, -0.2) is 34.4 Å². The molecule has 1 amide bonds. The molecule has 0 aliphatic carbocycles. The molecule has 4 rings (SSSR count). The third-order valence-corrected chi connectivity index (χ3v) is 5.15. The van der Waals surface area contributed by atoms with E-state index in [-0.39, 0.29) is 12.5 Å². The van der Waals surface area contributed by atoms with Gasteiger partial charge in [-0.15, -0.1) is 0 Å². The Kier molecular flexibility index (Phi) is 6.98. The fraction of sp³-hybridized carbons (Fsp3) is 0.154. The van der Waals surface area contributed by atoms with Crippen LogP contribution >= 0.6 is 0 Å². The van der Waals surface area contributed by atoms with Gasteiger partial charge in [0, 0.05) is 41.6 Å². The number of H-pyrrole nitrogens is 1. The number of carbonyl (C=O) groups is 3. The minimum atomic E-state index is -0.559. The molecule has 0 aliphatic rings. The SMILES string of the molecule is CCOC(=O)c1ccc(OC(=O)c2c[nH]c3ccc(NC(=O)CCc4ccncc4)cc23)cc1. The number of amides is 1. The zero-order valence-corrected chi connectivity index (χ0v) is 18.5. The van der Waals surface area contributed by atoms with E-state index in [2.05, 4.69) is 15.3 Å². The van der Waals surface area contributed by atoms with E-state index in [9.17, 15) is 14.4 Å². The average Bonchev–Trinajstić information content (AvgIpc) is 3.27. The number of nitrogens with one attached hydrogen (secondary N) is 2. The maximum absolute atomic E-state index is 12.8. The number of pyridine rings is 1. The predicted molar refractivity (Wildman–Crippen MR) is 127 cm³/mol. The lowest BCUT2D eigenvalue weighted by Crippen LogP contribution is -2.12. The number of ether oxygens (including phenoxy) is 2. The summed E-state index contributed by atoms with van der Waals surface area (Å²) in [6, 6.07) is 15.2. The fourth-order valence-corrected chi connectivity index (χ4v) is 3.43. The van der Waals surface area contributed by atoms with Crippen molar-refractivity contribution in [3.8, 4) is 5.75 Å². The predicted octanol–water partition coefficient (Wildman–Crippen LogP) is 4.53. The first-order valence-corrected chi connectivity index (χ1v) is 10.8. The van der Waals surface area contributed by atoms with Gasteiger partial charge in [-0.2, -0.15) is 0 Å². The van der Waals surface area contributed by atoms with Crippen molar-refractivity contribution in [2.75, 3.05) is 11.9 Å². The Labute approximate surface area is 195 Å². The highest BCUT2D eigenvalue weighted by molar-refractivity contribution is 6.06. The summed E-state index contributed by atoms with van der Waals surface area (Å²) < 4.78 is 10.4. The molecule has 0 unspecified atom stereocenters. The largest absolute Gasteiger partial charge is 0.462 e. The number of aryl methyl sites for hydroxylation is 1. The van der Waals surface area contributed by atoms with Crippen LogP contribution in [0.2, 0.25) is 0 Å². The Morgan fingerprint density at radius 3 is 2.47 bits per heavy atom. The first kappa shape index (κ1) is 22.7. The highest BCUT2D eigenvalue weighted by atomic mass is 16.5. The van der Waals surface area contributed by atoms with E-state index in [1.54, 1.807) is 43.7 Å². The van der Waals surface area contributed by atoms with Crippen LogP contribution in [-0.2, 0) is 16.0 Å². The lowest BCUT2D eigenvalue weighted by atomic mass is 10.1. The maximum atomic E-state index is 12.8. The highest BCUT2D eigenvalue weighted by Crippen LogP contribution is 2.24. The summed E-state index contributed by atoms with van der Waals surface area (Å²) in [7, 11) is 0. The molecule has 2 aromatic heterocycles. The van der Waals surface area contributed by atoms with Crippen LogP contribution in [0.4, 0.5) is 5.69 Å². The summed E-state index contributed by atoms with van der Waals surface area (Å²) in [4.78, 5) is 43.9. The van der Waals surface area contributed by atoms with Gasteiger partial charge in [-0.1, -0.05) is 0 Å². The van der Waals surface area contributed by atoms with Gasteiger partial charge in [-0.3, -0.25) is 9.78 Å². The number of hydrogen-bond donors (Lipinski definition) is 2. The lowest BCUT2D eigenvalue weighted by molar-refractivity contribution is -0.116.